The van der Waals surface area contributed by atoms with Crippen LogP contribution in [-0.4, -0.2) is 88.3 Å². The summed E-state index contributed by atoms with van der Waals surface area (Å²) >= 11 is 0. The first-order valence-electron chi connectivity index (χ1n) is 13.7. The molecule has 0 aliphatic carbocycles. The number of hydrogen-bond acceptors (Lipinski definition) is 19. The number of rotatable bonds is 16. The van der Waals surface area contributed by atoms with Crippen LogP contribution in [0.3, 0.4) is 0 Å². The van der Waals surface area contributed by atoms with Crippen molar-refractivity contribution in [3.63, 3.8) is 0 Å². The van der Waals surface area contributed by atoms with Crippen molar-refractivity contribution < 1.29 is 116 Å². The molecule has 4 rings (SSSR count). The number of anilines is 3. The Morgan fingerprint density at radius 1 is 0.830 bits per heavy atom. The van der Waals surface area contributed by atoms with Gasteiger partial charge < -0.3 is 29.6 Å². The summed E-state index contributed by atoms with van der Waals surface area (Å²) in [5.41, 5.74) is -1.51. The summed E-state index contributed by atoms with van der Waals surface area (Å²) in [6, 6.07) is 6.57. The quantitative estimate of drug-likeness (QED) is 0.0432. The largest absolute Gasteiger partial charge is 1.00 e. The molecular weight excluding hydrogens is 808 g/mol. The zero-order valence-corrected chi connectivity index (χ0v) is 34.9. The second-order valence-electron chi connectivity index (χ2n) is 9.90. The molecule has 0 amide bonds. The number of nitrogens with zero attached hydrogens (tertiary/aromatic N) is 5. The number of nitrogens with one attached hydrogen (secondary N) is 2. The van der Waals surface area contributed by atoms with Crippen molar-refractivity contribution in [2.24, 2.45) is 10.2 Å². The van der Waals surface area contributed by atoms with Gasteiger partial charge in [0.1, 0.15) is 25.9 Å². The van der Waals surface area contributed by atoms with Crippen LogP contribution >= 0.6 is 0 Å². The number of sulfone groups is 2. The van der Waals surface area contributed by atoms with Gasteiger partial charge in [-0.25, -0.2) is 33.7 Å². The number of fused-ring (bicyclic) bond motifs is 1. The molecule has 0 saturated carbocycles. The van der Waals surface area contributed by atoms with Gasteiger partial charge in [-0.15, -0.1) is 5.11 Å². The molecule has 272 valence electrons. The molecule has 26 heteroatoms. The van der Waals surface area contributed by atoms with Crippen molar-refractivity contribution in [3.05, 3.63) is 72.5 Å². The first-order valence-corrected chi connectivity index (χ1v) is 19.8. The van der Waals surface area contributed by atoms with Crippen LogP contribution in [-0.2, 0) is 44.6 Å². The van der Waals surface area contributed by atoms with Crippen LogP contribution in [0.4, 0.5) is 33.3 Å². The van der Waals surface area contributed by atoms with E-state index in [1.54, 1.807) is 0 Å². The van der Waals surface area contributed by atoms with Crippen LogP contribution in [0, 0.1) is 6.08 Å². The number of phenols is 1. The molecular formula is C27H24FN7Na2O12S4. The smallest absolute Gasteiger partial charge is 0.744 e. The number of azo groups is 1. The summed E-state index contributed by atoms with van der Waals surface area (Å²) in [6.45, 7) is 6.08. The Hall–Kier alpha value is -2.98. The standard InChI is InChI=1S/C27H26FN7O12S4.2Na/c1-3-48(37,38)12-11-47-10-9-29-26-31-25(28)32-27(33-26)30-20-15-19(50(41,42)43)13-16-14-21(51(44,45)46)23(24(36)22(16)20)35-34-17-5-7-18(8-6-17)49(39,40)4-2;;/h3-8,13-15,36H,1-2,9-12H2,(H,41,42,43)(H,44,45,46)(H2,29,30,31,32,33);;/q;2*+1/p-2. The number of phenolic OH excluding ortho intramolecular Hbond substituents is 1. The van der Waals surface area contributed by atoms with Gasteiger partial charge in [0.25, 0.3) is 0 Å². The number of aromatic nitrogens is 3. The molecule has 53 heavy (non-hydrogen) atoms. The van der Waals surface area contributed by atoms with Crippen molar-refractivity contribution in [2.45, 2.75) is 14.7 Å². The maximum absolute atomic E-state index is 14.4. The number of hydrogen-bond donors (Lipinski definition) is 3. The first-order chi connectivity index (χ1) is 23.7. The van der Waals surface area contributed by atoms with Gasteiger partial charge in [0.05, 0.1) is 45.0 Å². The molecule has 19 nitrogen and oxygen atoms in total. The van der Waals surface area contributed by atoms with Crippen LogP contribution in [0.1, 0.15) is 0 Å². The zero-order chi connectivity index (χ0) is 37.8. The Morgan fingerprint density at radius 3 is 2.06 bits per heavy atom. The molecule has 0 aliphatic heterocycles. The van der Waals surface area contributed by atoms with Gasteiger partial charge in [-0.3, -0.25) is 0 Å². The second-order valence-corrected chi connectivity index (χ2v) is 16.6. The summed E-state index contributed by atoms with van der Waals surface area (Å²) in [7, 11) is -18.1. The van der Waals surface area contributed by atoms with E-state index in [1.165, 1.54) is 12.1 Å². The molecule has 1 aromatic heterocycles. The third kappa shape index (κ3) is 12.3. The van der Waals surface area contributed by atoms with Crippen LogP contribution in [0.25, 0.3) is 10.8 Å². The average Bonchev–Trinajstić information content (AvgIpc) is 3.04. The van der Waals surface area contributed by atoms with Gasteiger partial charge in [-0.2, -0.15) is 24.5 Å². The van der Waals surface area contributed by atoms with E-state index in [0.29, 0.717) is 23.6 Å². The number of ether oxygens (including phenoxy) is 1. The third-order valence-corrected chi connectivity index (χ3v) is 10.8. The molecule has 0 radical (unpaired) electrons. The summed E-state index contributed by atoms with van der Waals surface area (Å²) in [5.74, 6) is -2.42. The van der Waals surface area contributed by atoms with E-state index in [9.17, 15) is 52.3 Å². The van der Waals surface area contributed by atoms with Gasteiger partial charge in [0.15, 0.2) is 25.4 Å². The topological polar surface area (TPSA) is 300 Å². The van der Waals surface area contributed by atoms with Gasteiger partial charge in [0.2, 0.25) is 11.9 Å². The van der Waals surface area contributed by atoms with Crippen LogP contribution in [0.2, 0.25) is 0 Å². The minimum absolute atomic E-state index is 0. The van der Waals surface area contributed by atoms with Crippen molar-refractivity contribution in [2.75, 3.05) is 36.1 Å². The summed E-state index contributed by atoms with van der Waals surface area (Å²) in [5, 5.41) is 24.3. The Labute approximate surface area is 346 Å². The molecule has 0 saturated heterocycles. The predicted octanol–water partition coefficient (Wildman–Crippen LogP) is -3.25. The monoisotopic (exact) mass is 831 g/mol. The van der Waals surface area contributed by atoms with Crippen molar-refractivity contribution in [1.82, 2.24) is 15.0 Å². The summed E-state index contributed by atoms with van der Waals surface area (Å²) in [4.78, 5) is 8.49. The van der Waals surface area contributed by atoms with Crippen LogP contribution < -0.4 is 69.7 Å². The minimum Gasteiger partial charge on any atom is -0.744 e. The predicted molar refractivity (Wildman–Crippen MR) is 176 cm³/mol. The fraction of sp³-hybridized carbons (Fsp3) is 0.148. The number of aromatic hydroxyl groups is 1. The van der Waals surface area contributed by atoms with Gasteiger partial charge in [-0.1, -0.05) is 13.2 Å². The molecule has 0 aliphatic rings. The van der Waals surface area contributed by atoms with Gasteiger partial charge in [-0.05, 0) is 47.9 Å². The van der Waals surface area contributed by atoms with Gasteiger partial charge in [0, 0.05) is 22.7 Å². The molecule has 0 fully saturated rings. The van der Waals surface area contributed by atoms with E-state index in [0.717, 1.165) is 17.5 Å². The van der Waals surface area contributed by atoms with Crippen molar-refractivity contribution in [1.29, 1.82) is 0 Å². The second kappa shape index (κ2) is 18.6. The van der Waals surface area contributed by atoms with E-state index in [-0.39, 0.29) is 95.2 Å². The molecule has 4 aromatic rings. The van der Waals surface area contributed by atoms with E-state index < -0.39 is 95.6 Å². The Balaban J connectivity index is 0.00000486. The third-order valence-electron chi connectivity index (χ3n) is 6.48. The molecule has 0 spiro atoms. The Kier molecular flexibility index (Phi) is 16.2. The summed E-state index contributed by atoms with van der Waals surface area (Å²) < 4.78 is 139. The van der Waals surface area contributed by atoms with Crippen molar-refractivity contribution in [3.8, 4) is 5.75 Å². The van der Waals surface area contributed by atoms with Crippen LogP contribution in [0.5, 0.6) is 5.75 Å². The van der Waals surface area contributed by atoms with E-state index in [2.05, 4.69) is 49.0 Å². The van der Waals surface area contributed by atoms with Gasteiger partial charge >= 0.3 is 65.2 Å². The van der Waals surface area contributed by atoms with E-state index in [4.69, 9.17) is 4.74 Å². The number of benzene rings is 3. The zero-order valence-electron chi connectivity index (χ0n) is 27.6. The van der Waals surface area contributed by atoms with Crippen molar-refractivity contribution >= 4 is 79.6 Å². The van der Waals surface area contributed by atoms with E-state index >= 15 is 0 Å². The molecule has 1 heterocycles. The molecule has 3 N–H and O–H groups in total. The fourth-order valence-corrected chi connectivity index (χ4v) is 6.50. The first kappa shape index (κ1) is 46.2. The minimum atomic E-state index is -5.47. The Bertz CT molecular complexity index is 2510. The normalized spacial score (nSPS) is 12.1. The maximum atomic E-state index is 14.4. The molecule has 3 aromatic carbocycles. The molecule has 0 bridgehead atoms. The van der Waals surface area contributed by atoms with Crippen LogP contribution in [0.15, 0.2) is 91.4 Å². The summed E-state index contributed by atoms with van der Waals surface area (Å²) in [6.07, 6.45) is -1.37. The molecule has 0 unspecified atom stereocenters. The van der Waals surface area contributed by atoms with E-state index in [1.807, 2.05) is 0 Å². The fourth-order valence-electron chi connectivity index (χ4n) is 4.10. The average molecular weight is 832 g/mol. The Morgan fingerprint density at radius 2 is 1.47 bits per heavy atom. The maximum Gasteiger partial charge on any atom is 1.00 e. The number of halogens is 1. The SMILES string of the molecule is C=CS(=O)(=O)CCOCCNc1nc(F)nc(Nc2cc(S(=O)(=O)[O-])cc3cc(S(=O)(=O)[O-])c(N=Nc4ccc(S(=O)(=O)C=C)cc4)c(O)c23)n1.[Na+].[Na+]. The molecule has 0 atom stereocenters.